The third kappa shape index (κ3) is 4.58. The van der Waals surface area contributed by atoms with Crippen LogP contribution in [-0.4, -0.2) is 50.1 Å². The lowest BCUT2D eigenvalue weighted by Crippen LogP contribution is -2.50. The van der Waals surface area contributed by atoms with Gasteiger partial charge < -0.3 is 18.9 Å². The van der Waals surface area contributed by atoms with Gasteiger partial charge in [-0.15, -0.1) is 0 Å². The Labute approximate surface area is 147 Å². The molecule has 0 radical (unpaired) electrons. The Kier molecular flexibility index (Phi) is 6.04. The number of carbonyl (C=O) groups excluding carboxylic acids is 2. The smallest absolute Gasteiger partial charge is 0.338 e. The van der Waals surface area contributed by atoms with Crippen LogP contribution in [0.1, 0.15) is 42.5 Å². The van der Waals surface area contributed by atoms with Crippen molar-refractivity contribution in [3.05, 3.63) is 35.9 Å². The Balaban J connectivity index is 1.72. The van der Waals surface area contributed by atoms with Gasteiger partial charge in [0.15, 0.2) is 0 Å². The van der Waals surface area contributed by atoms with E-state index in [4.69, 9.17) is 18.9 Å². The molecular formula is C19H24O6. The van der Waals surface area contributed by atoms with Crippen LogP contribution in [0.5, 0.6) is 0 Å². The Morgan fingerprint density at radius 3 is 2.72 bits per heavy atom. The van der Waals surface area contributed by atoms with Crippen LogP contribution in [0.15, 0.2) is 30.3 Å². The molecule has 0 saturated carbocycles. The molecule has 2 saturated heterocycles. The summed E-state index contributed by atoms with van der Waals surface area (Å²) in [5.74, 6) is -0.796. The van der Waals surface area contributed by atoms with E-state index in [-0.39, 0.29) is 24.6 Å². The van der Waals surface area contributed by atoms with Crippen molar-refractivity contribution >= 4 is 11.9 Å². The zero-order valence-corrected chi connectivity index (χ0v) is 14.4. The number of carbonyl (C=O) groups is 2. The molecule has 0 amide bonds. The fraction of sp³-hybridized carbons (Fsp3) is 0.579. The highest BCUT2D eigenvalue weighted by Gasteiger charge is 2.42. The molecule has 2 heterocycles. The zero-order valence-electron chi connectivity index (χ0n) is 14.4. The van der Waals surface area contributed by atoms with Crippen LogP contribution in [0.3, 0.4) is 0 Å². The minimum atomic E-state index is -0.536. The number of rotatable bonds is 4. The highest BCUT2D eigenvalue weighted by molar-refractivity contribution is 5.89. The molecule has 6 heteroatoms. The van der Waals surface area contributed by atoms with Gasteiger partial charge in [-0.1, -0.05) is 18.2 Å². The van der Waals surface area contributed by atoms with Crippen LogP contribution < -0.4 is 0 Å². The van der Waals surface area contributed by atoms with Gasteiger partial charge in [0.1, 0.15) is 12.2 Å². The second kappa shape index (κ2) is 8.45. The van der Waals surface area contributed by atoms with Crippen molar-refractivity contribution in [2.45, 2.75) is 56.5 Å². The van der Waals surface area contributed by atoms with Crippen LogP contribution in [0.2, 0.25) is 0 Å². The first-order valence-electron chi connectivity index (χ1n) is 8.77. The molecule has 0 spiro atoms. The summed E-state index contributed by atoms with van der Waals surface area (Å²) >= 11 is 0. The molecule has 4 atom stereocenters. The Morgan fingerprint density at radius 2 is 1.96 bits per heavy atom. The van der Waals surface area contributed by atoms with Crippen LogP contribution in [0, 0.1) is 0 Å². The highest BCUT2D eigenvalue weighted by Crippen LogP contribution is 2.32. The first kappa shape index (κ1) is 17.9. The molecule has 0 N–H and O–H groups in total. The standard InChI is InChI=1S/C19H24O6/c1-22-18(20)12-17-16(25-19(21)13-7-3-2-4-8-13)11-15-14(24-17)9-5-6-10-23-15/h2-4,7-8,14-17H,5-6,9-12H2,1H3/t14-,15+,16-,17+/m1/s1. The maximum Gasteiger partial charge on any atom is 0.338 e. The van der Waals surface area contributed by atoms with Gasteiger partial charge in [0, 0.05) is 13.0 Å². The van der Waals surface area contributed by atoms with E-state index >= 15 is 0 Å². The van der Waals surface area contributed by atoms with Crippen molar-refractivity contribution in [2.24, 2.45) is 0 Å². The summed E-state index contributed by atoms with van der Waals surface area (Å²) in [6, 6.07) is 8.80. The number of ether oxygens (including phenoxy) is 4. The van der Waals surface area contributed by atoms with Crippen molar-refractivity contribution in [3.63, 3.8) is 0 Å². The summed E-state index contributed by atoms with van der Waals surface area (Å²) in [7, 11) is 1.34. The van der Waals surface area contributed by atoms with Crippen LogP contribution in [0.25, 0.3) is 0 Å². The molecule has 2 aliphatic rings. The monoisotopic (exact) mass is 348 g/mol. The number of hydrogen-bond acceptors (Lipinski definition) is 6. The quantitative estimate of drug-likeness (QED) is 0.779. The number of benzene rings is 1. The zero-order chi connectivity index (χ0) is 17.6. The van der Waals surface area contributed by atoms with Gasteiger partial charge >= 0.3 is 11.9 Å². The van der Waals surface area contributed by atoms with Crippen LogP contribution in [-0.2, 0) is 23.7 Å². The maximum atomic E-state index is 12.4. The van der Waals surface area contributed by atoms with Gasteiger partial charge in [0.25, 0.3) is 0 Å². The van der Waals surface area contributed by atoms with Crippen molar-refractivity contribution < 1.29 is 28.5 Å². The number of methoxy groups -OCH3 is 1. The maximum absolute atomic E-state index is 12.4. The first-order valence-corrected chi connectivity index (χ1v) is 8.77. The van der Waals surface area contributed by atoms with Gasteiger partial charge in [-0.2, -0.15) is 0 Å². The molecular weight excluding hydrogens is 324 g/mol. The number of hydrogen-bond donors (Lipinski definition) is 0. The number of fused-ring (bicyclic) bond motifs is 1. The van der Waals surface area contributed by atoms with E-state index in [1.165, 1.54) is 7.11 Å². The molecule has 3 rings (SSSR count). The lowest BCUT2D eigenvalue weighted by Gasteiger charge is -2.39. The molecule has 0 bridgehead atoms. The van der Waals surface area contributed by atoms with Crippen molar-refractivity contribution in [3.8, 4) is 0 Å². The molecule has 2 fully saturated rings. The van der Waals surface area contributed by atoms with Gasteiger partial charge in [-0.25, -0.2) is 4.79 Å². The summed E-state index contributed by atoms with van der Waals surface area (Å²) in [5, 5.41) is 0. The average Bonchev–Trinajstić information content (AvgIpc) is 2.87. The first-order chi connectivity index (χ1) is 12.2. The van der Waals surface area contributed by atoms with Crippen molar-refractivity contribution in [2.75, 3.05) is 13.7 Å². The molecule has 2 aliphatic heterocycles. The van der Waals surface area contributed by atoms with Crippen molar-refractivity contribution in [1.82, 2.24) is 0 Å². The van der Waals surface area contributed by atoms with E-state index in [1.807, 2.05) is 6.07 Å². The Morgan fingerprint density at radius 1 is 1.16 bits per heavy atom. The molecule has 0 aliphatic carbocycles. The minimum Gasteiger partial charge on any atom is -0.469 e. The second-order valence-corrected chi connectivity index (χ2v) is 6.44. The predicted octanol–water partition coefficient (Wildman–Crippen LogP) is 2.50. The molecule has 0 unspecified atom stereocenters. The largest absolute Gasteiger partial charge is 0.469 e. The normalized spacial score (nSPS) is 29.2. The van der Waals surface area contributed by atoms with Gasteiger partial charge in [0.05, 0.1) is 31.3 Å². The fourth-order valence-electron chi connectivity index (χ4n) is 3.37. The molecule has 136 valence electrons. The molecule has 25 heavy (non-hydrogen) atoms. The predicted molar refractivity (Wildman–Crippen MR) is 89.1 cm³/mol. The Bertz CT molecular complexity index is 587. The van der Waals surface area contributed by atoms with E-state index in [0.717, 1.165) is 19.3 Å². The molecule has 6 nitrogen and oxygen atoms in total. The topological polar surface area (TPSA) is 71.1 Å². The van der Waals surface area contributed by atoms with Crippen molar-refractivity contribution in [1.29, 1.82) is 0 Å². The summed E-state index contributed by atoms with van der Waals surface area (Å²) in [6.07, 6.45) is 2.29. The van der Waals surface area contributed by atoms with E-state index in [9.17, 15) is 9.59 Å². The van der Waals surface area contributed by atoms with Crippen LogP contribution >= 0.6 is 0 Å². The van der Waals surface area contributed by atoms with E-state index < -0.39 is 18.2 Å². The summed E-state index contributed by atoms with van der Waals surface area (Å²) in [6.45, 7) is 0.686. The third-order valence-corrected chi connectivity index (χ3v) is 4.72. The molecule has 1 aromatic rings. The van der Waals surface area contributed by atoms with E-state index in [1.54, 1.807) is 24.3 Å². The summed E-state index contributed by atoms with van der Waals surface area (Å²) < 4.78 is 22.4. The van der Waals surface area contributed by atoms with E-state index in [0.29, 0.717) is 18.6 Å². The average molecular weight is 348 g/mol. The van der Waals surface area contributed by atoms with E-state index in [2.05, 4.69) is 0 Å². The lowest BCUT2D eigenvalue weighted by molar-refractivity contribution is -0.188. The summed E-state index contributed by atoms with van der Waals surface area (Å²) in [4.78, 5) is 24.1. The lowest BCUT2D eigenvalue weighted by atomic mass is 9.94. The minimum absolute atomic E-state index is 0.0620. The SMILES string of the molecule is COC(=O)C[C@@H]1O[C@@H]2CCCCO[C@H]2C[C@H]1OC(=O)c1ccccc1. The van der Waals surface area contributed by atoms with Crippen LogP contribution in [0.4, 0.5) is 0 Å². The number of esters is 2. The second-order valence-electron chi connectivity index (χ2n) is 6.44. The Hall–Kier alpha value is -1.92. The fourth-order valence-corrected chi connectivity index (χ4v) is 3.37. The third-order valence-electron chi connectivity index (χ3n) is 4.72. The van der Waals surface area contributed by atoms with Gasteiger partial charge in [0.2, 0.25) is 0 Å². The van der Waals surface area contributed by atoms with Gasteiger partial charge in [-0.3, -0.25) is 4.79 Å². The van der Waals surface area contributed by atoms with Gasteiger partial charge in [-0.05, 0) is 31.4 Å². The molecule has 1 aromatic carbocycles. The molecule has 0 aromatic heterocycles. The summed E-state index contributed by atoms with van der Waals surface area (Å²) in [5.41, 5.74) is 0.475. The highest BCUT2D eigenvalue weighted by atomic mass is 16.6.